The van der Waals surface area contributed by atoms with E-state index in [0.29, 0.717) is 0 Å². The third kappa shape index (κ3) is 2.15. The Bertz CT molecular complexity index is 591. The van der Waals surface area contributed by atoms with Crippen LogP contribution in [-0.2, 0) is 12.5 Å². The van der Waals surface area contributed by atoms with Gasteiger partial charge in [-0.1, -0.05) is 67.7 Å². The lowest BCUT2D eigenvalue weighted by atomic mass is 10.0. The maximum atomic E-state index is 2.44. The molecule has 0 radical (unpaired) electrons. The molecule has 2 aromatic carbocycles. The molecule has 18 heavy (non-hydrogen) atoms. The Hall–Kier alpha value is -1.34. The van der Waals surface area contributed by atoms with Crippen molar-refractivity contribution in [3.05, 3.63) is 59.2 Å². The molecule has 1 aliphatic carbocycles. The van der Waals surface area contributed by atoms with Crippen molar-refractivity contribution >= 4 is 8.07 Å². The molecule has 0 nitrogen and oxygen atoms in total. The summed E-state index contributed by atoms with van der Waals surface area (Å²) in [7, 11) is -1.01. The van der Waals surface area contributed by atoms with Gasteiger partial charge in [-0.15, -0.1) is 0 Å². The number of hydrogen-bond donors (Lipinski definition) is 0. The maximum absolute atomic E-state index is 2.44. The Morgan fingerprint density at radius 2 is 1.61 bits per heavy atom. The van der Waals surface area contributed by atoms with Gasteiger partial charge in [0, 0.05) is 8.07 Å². The van der Waals surface area contributed by atoms with Crippen molar-refractivity contribution in [2.24, 2.45) is 0 Å². The van der Waals surface area contributed by atoms with Crippen LogP contribution in [0.3, 0.4) is 0 Å². The van der Waals surface area contributed by atoms with E-state index in [2.05, 4.69) is 62.1 Å². The minimum Gasteiger partial charge on any atom is -0.0693 e. The van der Waals surface area contributed by atoms with Crippen LogP contribution in [0.25, 0.3) is 11.1 Å². The van der Waals surface area contributed by atoms with Crippen molar-refractivity contribution < 1.29 is 0 Å². The second kappa shape index (κ2) is 4.10. The topological polar surface area (TPSA) is 0 Å². The highest BCUT2D eigenvalue weighted by Gasteiger charge is 2.19. The van der Waals surface area contributed by atoms with Gasteiger partial charge in [-0.05, 0) is 34.7 Å². The highest BCUT2D eigenvalue weighted by atomic mass is 28.3. The summed E-state index contributed by atoms with van der Waals surface area (Å²) in [6, 6.07) is 17.2. The van der Waals surface area contributed by atoms with E-state index in [1.54, 1.807) is 0 Å². The molecule has 0 saturated heterocycles. The van der Waals surface area contributed by atoms with E-state index in [1.165, 1.54) is 33.9 Å². The van der Waals surface area contributed by atoms with Gasteiger partial charge in [0.05, 0.1) is 0 Å². The first-order valence-electron chi connectivity index (χ1n) is 6.73. The van der Waals surface area contributed by atoms with Gasteiger partial charge >= 0.3 is 0 Å². The zero-order chi connectivity index (χ0) is 12.8. The number of fused-ring (bicyclic) bond motifs is 3. The predicted octanol–water partition coefficient (Wildman–Crippen LogP) is 4.68. The zero-order valence-corrected chi connectivity index (χ0v) is 12.5. The Balaban J connectivity index is 1.98. The smallest absolute Gasteiger partial charge is 0.0487 e. The molecular formula is C17H20Si. The lowest BCUT2D eigenvalue weighted by Gasteiger charge is -2.16. The molecule has 0 unspecified atom stereocenters. The standard InChI is InChI=1S/C17H20Si/c1-18(2,3)12-13-8-9-17-15(10-13)11-14-6-4-5-7-16(14)17/h4-10H,11-12H2,1-3H3. The highest BCUT2D eigenvalue weighted by molar-refractivity contribution is 6.75. The van der Waals surface area contributed by atoms with Gasteiger partial charge in [0.1, 0.15) is 0 Å². The third-order valence-electron chi connectivity index (χ3n) is 3.59. The van der Waals surface area contributed by atoms with Crippen molar-refractivity contribution in [3.63, 3.8) is 0 Å². The van der Waals surface area contributed by atoms with Gasteiger partial charge in [0.25, 0.3) is 0 Å². The van der Waals surface area contributed by atoms with Crippen molar-refractivity contribution in [3.8, 4) is 11.1 Å². The Kier molecular flexibility index (Phi) is 2.67. The molecular weight excluding hydrogens is 232 g/mol. The molecule has 0 spiro atoms. The van der Waals surface area contributed by atoms with Crippen LogP contribution in [0.5, 0.6) is 0 Å². The monoisotopic (exact) mass is 252 g/mol. The molecule has 2 aromatic rings. The quantitative estimate of drug-likeness (QED) is 0.581. The van der Waals surface area contributed by atoms with E-state index in [9.17, 15) is 0 Å². The van der Waals surface area contributed by atoms with Crippen LogP contribution in [-0.4, -0.2) is 8.07 Å². The van der Waals surface area contributed by atoms with E-state index in [0.717, 1.165) is 6.42 Å². The van der Waals surface area contributed by atoms with Crippen LogP contribution in [0.2, 0.25) is 19.6 Å². The summed E-state index contributed by atoms with van der Waals surface area (Å²) < 4.78 is 0. The second-order valence-electron chi connectivity index (χ2n) is 6.56. The fraction of sp³-hybridized carbons (Fsp3) is 0.294. The fourth-order valence-electron chi connectivity index (χ4n) is 2.92. The first kappa shape index (κ1) is 11.7. The maximum Gasteiger partial charge on any atom is 0.0487 e. The molecule has 1 heteroatoms. The van der Waals surface area contributed by atoms with E-state index in [1.807, 2.05) is 0 Å². The van der Waals surface area contributed by atoms with Crippen LogP contribution in [0.4, 0.5) is 0 Å². The molecule has 0 aromatic heterocycles. The van der Waals surface area contributed by atoms with E-state index >= 15 is 0 Å². The summed E-state index contributed by atoms with van der Waals surface area (Å²) in [5, 5.41) is 0. The first-order valence-corrected chi connectivity index (χ1v) is 10.4. The van der Waals surface area contributed by atoms with E-state index in [-0.39, 0.29) is 0 Å². The van der Waals surface area contributed by atoms with E-state index in [4.69, 9.17) is 0 Å². The molecule has 0 heterocycles. The summed E-state index contributed by atoms with van der Waals surface area (Å²) in [4.78, 5) is 0. The zero-order valence-electron chi connectivity index (χ0n) is 11.5. The van der Waals surface area contributed by atoms with Gasteiger partial charge in [-0.25, -0.2) is 0 Å². The van der Waals surface area contributed by atoms with Crippen LogP contribution in [0.15, 0.2) is 42.5 Å². The summed E-state index contributed by atoms with van der Waals surface area (Å²) in [5.41, 5.74) is 7.42. The van der Waals surface area contributed by atoms with Gasteiger partial charge in [0.2, 0.25) is 0 Å². The molecule has 0 atom stereocenters. The molecule has 0 amide bonds. The van der Waals surface area contributed by atoms with Gasteiger partial charge in [-0.3, -0.25) is 0 Å². The van der Waals surface area contributed by atoms with E-state index < -0.39 is 8.07 Å². The van der Waals surface area contributed by atoms with Gasteiger partial charge in [-0.2, -0.15) is 0 Å². The minimum absolute atomic E-state index is 1.01. The van der Waals surface area contributed by atoms with Gasteiger partial charge < -0.3 is 0 Å². The SMILES string of the molecule is C[Si](C)(C)Cc1ccc2c(c1)Cc1ccccc1-2. The van der Waals surface area contributed by atoms with Crippen molar-refractivity contribution in [2.75, 3.05) is 0 Å². The van der Waals surface area contributed by atoms with Crippen LogP contribution in [0, 0.1) is 0 Å². The molecule has 0 fully saturated rings. The summed E-state index contributed by atoms with van der Waals surface area (Å²) >= 11 is 0. The number of hydrogen-bond acceptors (Lipinski definition) is 0. The molecule has 0 bridgehead atoms. The summed E-state index contributed by atoms with van der Waals surface area (Å²) in [5.74, 6) is 0. The largest absolute Gasteiger partial charge is 0.0693 e. The van der Waals surface area contributed by atoms with Crippen LogP contribution >= 0.6 is 0 Å². The van der Waals surface area contributed by atoms with Crippen LogP contribution in [0.1, 0.15) is 16.7 Å². The summed E-state index contributed by atoms with van der Waals surface area (Å²) in [6.07, 6.45) is 1.12. The predicted molar refractivity (Wildman–Crippen MR) is 81.7 cm³/mol. The minimum atomic E-state index is -1.01. The Morgan fingerprint density at radius 1 is 0.889 bits per heavy atom. The fourth-order valence-corrected chi connectivity index (χ4v) is 4.37. The van der Waals surface area contributed by atoms with Gasteiger partial charge in [0.15, 0.2) is 0 Å². The van der Waals surface area contributed by atoms with Crippen molar-refractivity contribution in [1.29, 1.82) is 0 Å². The molecule has 1 aliphatic rings. The molecule has 3 rings (SSSR count). The Morgan fingerprint density at radius 3 is 2.39 bits per heavy atom. The molecule has 0 N–H and O–H groups in total. The highest BCUT2D eigenvalue weighted by Crippen LogP contribution is 2.36. The first-order chi connectivity index (χ1) is 8.53. The normalized spacial score (nSPS) is 13.3. The van der Waals surface area contributed by atoms with Crippen molar-refractivity contribution in [2.45, 2.75) is 32.1 Å². The number of rotatable bonds is 2. The lowest BCUT2D eigenvalue weighted by molar-refractivity contribution is 1.22. The average molecular weight is 252 g/mol. The third-order valence-corrected chi connectivity index (χ3v) is 5.06. The molecule has 0 saturated carbocycles. The molecule has 0 aliphatic heterocycles. The number of benzene rings is 2. The van der Waals surface area contributed by atoms with Crippen LogP contribution < -0.4 is 0 Å². The lowest BCUT2D eigenvalue weighted by Crippen LogP contribution is -2.23. The summed E-state index contributed by atoms with van der Waals surface area (Å²) in [6.45, 7) is 7.32. The van der Waals surface area contributed by atoms with Crippen molar-refractivity contribution in [1.82, 2.24) is 0 Å². The average Bonchev–Trinajstić information content (AvgIpc) is 2.64. The molecule has 92 valence electrons. The Labute approximate surface area is 111 Å². The second-order valence-corrected chi connectivity index (χ2v) is 12.0.